The number of ether oxygens (including phenoxy) is 1. The lowest BCUT2D eigenvalue weighted by atomic mass is 10.2. The second kappa shape index (κ2) is 6.26. The average molecular weight is 249 g/mol. The number of para-hydroxylation sites is 2. The van der Waals surface area contributed by atoms with Crippen LogP contribution in [0.15, 0.2) is 24.3 Å². The molecule has 0 radical (unpaired) electrons. The number of carbonyl (C=O) groups excluding carboxylic acids is 1. The first kappa shape index (κ1) is 12.7. The largest absolute Gasteiger partial charge is 0.495 e. The van der Waals surface area contributed by atoms with E-state index in [9.17, 15) is 4.79 Å². The highest BCUT2D eigenvalue weighted by Crippen LogP contribution is 2.23. The fourth-order valence-electron chi connectivity index (χ4n) is 1.97. The number of amides is 2. The van der Waals surface area contributed by atoms with Crippen molar-refractivity contribution in [2.24, 2.45) is 0 Å². The van der Waals surface area contributed by atoms with E-state index in [1.807, 2.05) is 24.3 Å². The monoisotopic (exact) mass is 249 g/mol. The molecule has 0 atom stereocenters. The lowest BCUT2D eigenvalue weighted by Gasteiger charge is -2.22. The molecule has 1 aliphatic rings. The number of hydrogen-bond donors (Lipinski definition) is 2. The van der Waals surface area contributed by atoms with Gasteiger partial charge in [-0.1, -0.05) is 18.6 Å². The van der Waals surface area contributed by atoms with Crippen molar-refractivity contribution < 1.29 is 9.53 Å². The van der Waals surface area contributed by atoms with Crippen molar-refractivity contribution in [3.63, 3.8) is 0 Å². The van der Waals surface area contributed by atoms with Crippen LogP contribution in [0.3, 0.4) is 0 Å². The molecule has 0 aliphatic carbocycles. The number of benzene rings is 1. The van der Waals surface area contributed by atoms with Crippen molar-refractivity contribution >= 4 is 11.7 Å². The van der Waals surface area contributed by atoms with E-state index in [4.69, 9.17) is 4.74 Å². The number of urea groups is 1. The van der Waals surface area contributed by atoms with Gasteiger partial charge in [0.1, 0.15) is 5.75 Å². The van der Waals surface area contributed by atoms with Crippen molar-refractivity contribution in [2.45, 2.75) is 19.3 Å². The molecule has 0 aromatic heterocycles. The summed E-state index contributed by atoms with van der Waals surface area (Å²) in [6.07, 6.45) is 3.30. The summed E-state index contributed by atoms with van der Waals surface area (Å²) in [5, 5.41) is 4.50. The van der Waals surface area contributed by atoms with E-state index in [2.05, 4.69) is 10.7 Å². The van der Waals surface area contributed by atoms with Gasteiger partial charge in [-0.15, -0.1) is 0 Å². The summed E-state index contributed by atoms with van der Waals surface area (Å²) in [4.78, 5) is 12.1. The number of hydrazine groups is 1. The molecule has 5 heteroatoms. The van der Waals surface area contributed by atoms with Crippen molar-refractivity contribution in [1.29, 1.82) is 0 Å². The van der Waals surface area contributed by atoms with Gasteiger partial charge >= 0.3 is 6.03 Å². The minimum atomic E-state index is -0.138. The normalized spacial score (nSPS) is 15.9. The lowest BCUT2D eigenvalue weighted by molar-refractivity contribution is 0.189. The van der Waals surface area contributed by atoms with Gasteiger partial charge in [-0.05, 0) is 25.0 Å². The van der Waals surface area contributed by atoms with Crippen LogP contribution in [0.4, 0.5) is 10.5 Å². The van der Waals surface area contributed by atoms with Crippen LogP contribution < -0.4 is 15.5 Å². The van der Waals surface area contributed by atoms with Gasteiger partial charge < -0.3 is 10.1 Å². The highest BCUT2D eigenvalue weighted by molar-refractivity contribution is 5.90. The third kappa shape index (κ3) is 3.13. The topological polar surface area (TPSA) is 53.6 Å². The summed E-state index contributed by atoms with van der Waals surface area (Å²) < 4.78 is 5.20. The molecule has 2 rings (SSSR count). The number of hydrogen-bond acceptors (Lipinski definition) is 3. The third-order valence-corrected chi connectivity index (χ3v) is 2.95. The zero-order chi connectivity index (χ0) is 12.8. The van der Waals surface area contributed by atoms with Crippen molar-refractivity contribution in [3.05, 3.63) is 24.3 Å². The van der Waals surface area contributed by atoms with E-state index < -0.39 is 0 Å². The number of rotatable bonds is 2. The second-order valence-electron chi connectivity index (χ2n) is 4.25. The molecule has 0 spiro atoms. The molecule has 0 bridgehead atoms. The first-order valence-electron chi connectivity index (χ1n) is 6.26. The first-order chi connectivity index (χ1) is 8.81. The van der Waals surface area contributed by atoms with E-state index >= 15 is 0 Å². The Morgan fingerprint density at radius 2 is 2.17 bits per heavy atom. The van der Waals surface area contributed by atoms with Crippen molar-refractivity contribution in [1.82, 2.24) is 10.4 Å². The lowest BCUT2D eigenvalue weighted by Crippen LogP contribution is -2.45. The Kier molecular flexibility index (Phi) is 4.41. The number of nitrogens with zero attached hydrogens (tertiary/aromatic N) is 1. The van der Waals surface area contributed by atoms with Gasteiger partial charge in [0.05, 0.1) is 12.8 Å². The van der Waals surface area contributed by atoms with Crippen LogP contribution in [0.2, 0.25) is 0 Å². The average Bonchev–Trinajstić information content (AvgIpc) is 2.68. The van der Waals surface area contributed by atoms with E-state index in [0.29, 0.717) is 11.4 Å². The number of carbonyl (C=O) groups is 1. The quantitative estimate of drug-likeness (QED) is 0.845. The highest BCUT2D eigenvalue weighted by Gasteiger charge is 2.16. The zero-order valence-corrected chi connectivity index (χ0v) is 10.6. The Hall–Kier alpha value is -1.75. The van der Waals surface area contributed by atoms with Crippen LogP contribution in [0.1, 0.15) is 19.3 Å². The van der Waals surface area contributed by atoms with Gasteiger partial charge in [0.2, 0.25) is 0 Å². The van der Waals surface area contributed by atoms with Gasteiger partial charge in [-0.3, -0.25) is 5.01 Å². The molecular formula is C13H19N3O2. The predicted molar refractivity (Wildman–Crippen MR) is 70.6 cm³/mol. The molecular weight excluding hydrogens is 230 g/mol. The third-order valence-electron chi connectivity index (χ3n) is 2.95. The number of nitrogens with one attached hydrogen (secondary N) is 2. The maximum Gasteiger partial charge on any atom is 0.336 e. The van der Waals surface area contributed by atoms with E-state index in [1.165, 1.54) is 0 Å². The molecule has 5 nitrogen and oxygen atoms in total. The molecule has 1 saturated heterocycles. The smallest absolute Gasteiger partial charge is 0.336 e. The molecule has 18 heavy (non-hydrogen) atoms. The summed E-state index contributed by atoms with van der Waals surface area (Å²) in [5.74, 6) is 0.667. The fraction of sp³-hybridized carbons (Fsp3) is 0.462. The van der Waals surface area contributed by atoms with E-state index in [1.54, 1.807) is 12.1 Å². The molecule has 1 aromatic rings. The summed E-state index contributed by atoms with van der Waals surface area (Å²) >= 11 is 0. The molecule has 1 aromatic carbocycles. The van der Waals surface area contributed by atoms with Crippen molar-refractivity contribution in [2.75, 3.05) is 25.5 Å². The van der Waals surface area contributed by atoms with Gasteiger partial charge in [-0.2, -0.15) is 0 Å². The van der Waals surface area contributed by atoms with Crippen LogP contribution >= 0.6 is 0 Å². The molecule has 0 saturated carbocycles. The summed E-state index contributed by atoms with van der Waals surface area (Å²) in [6.45, 7) is 1.58. The Balaban J connectivity index is 2.01. The Morgan fingerprint density at radius 1 is 1.33 bits per heavy atom. The van der Waals surface area contributed by atoms with Gasteiger partial charge in [0, 0.05) is 13.1 Å². The minimum absolute atomic E-state index is 0.138. The molecule has 98 valence electrons. The molecule has 1 aliphatic heterocycles. The molecule has 1 fully saturated rings. The summed E-state index contributed by atoms with van der Waals surface area (Å²) in [5.41, 5.74) is 3.81. The highest BCUT2D eigenvalue weighted by atomic mass is 16.5. The molecule has 1 heterocycles. The summed E-state index contributed by atoms with van der Waals surface area (Å²) in [7, 11) is 1.59. The summed E-state index contributed by atoms with van der Waals surface area (Å²) in [6, 6.07) is 7.26. The van der Waals surface area contributed by atoms with Crippen LogP contribution in [0, 0.1) is 0 Å². The Morgan fingerprint density at radius 3 is 3.00 bits per heavy atom. The van der Waals surface area contributed by atoms with Crippen LogP contribution in [0.25, 0.3) is 0 Å². The number of methoxy groups -OCH3 is 1. The van der Waals surface area contributed by atoms with E-state index in [-0.39, 0.29) is 6.03 Å². The molecule has 0 unspecified atom stereocenters. The fourth-order valence-corrected chi connectivity index (χ4v) is 1.97. The maximum atomic E-state index is 12.1. The van der Waals surface area contributed by atoms with Gasteiger partial charge in [-0.25, -0.2) is 10.2 Å². The second-order valence-corrected chi connectivity index (χ2v) is 4.25. The Labute approximate surface area is 107 Å². The van der Waals surface area contributed by atoms with E-state index in [0.717, 1.165) is 32.4 Å². The SMILES string of the molecule is COc1ccccc1NC(=O)N1CCCCCN1. The van der Waals surface area contributed by atoms with Gasteiger partial charge in [0.15, 0.2) is 0 Å². The van der Waals surface area contributed by atoms with Crippen molar-refractivity contribution in [3.8, 4) is 5.75 Å². The minimum Gasteiger partial charge on any atom is -0.495 e. The van der Waals surface area contributed by atoms with Crippen LogP contribution in [0.5, 0.6) is 5.75 Å². The standard InChI is InChI=1S/C13H19N3O2/c1-18-12-8-4-3-7-11(12)15-13(17)16-10-6-2-5-9-14-16/h3-4,7-8,14H,2,5-6,9-10H2,1H3,(H,15,17). The predicted octanol–water partition coefficient (Wildman–Crippen LogP) is 2.22. The van der Waals surface area contributed by atoms with Crippen LogP contribution in [-0.4, -0.2) is 31.2 Å². The molecule has 2 amide bonds. The Bertz CT molecular complexity index is 401. The van der Waals surface area contributed by atoms with Crippen LogP contribution in [-0.2, 0) is 0 Å². The zero-order valence-electron chi connectivity index (χ0n) is 10.6. The van der Waals surface area contributed by atoms with Gasteiger partial charge in [0.25, 0.3) is 0 Å². The number of anilines is 1. The first-order valence-corrected chi connectivity index (χ1v) is 6.26. The maximum absolute atomic E-state index is 12.1. The molecule has 2 N–H and O–H groups in total.